The van der Waals surface area contributed by atoms with Crippen LogP contribution in [-0.2, 0) is 22.6 Å². The first kappa shape index (κ1) is 37.2. The van der Waals surface area contributed by atoms with Crippen molar-refractivity contribution in [1.82, 2.24) is 30.1 Å². The van der Waals surface area contributed by atoms with Crippen LogP contribution >= 0.6 is 23.4 Å². The second kappa shape index (κ2) is 15.4. The van der Waals surface area contributed by atoms with Gasteiger partial charge >= 0.3 is 6.18 Å². The molecule has 19 heteroatoms. The minimum absolute atomic E-state index is 0.0170. The lowest BCUT2D eigenvalue weighted by Gasteiger charge is -2.28. The van der Waals surface area contributed by atoms with Crippen molar-refractivity contribution in [2.75, 3.05) is 5.75 Å². The van der Waals surface area contributed by atoms with Crippen LogP contribution in [0.3, 0.4) is 0 Å². The minimum atomic E-state index is -4.96. The first-order chi connectivity index (χ1) is 24.1. The average Bonchev–Trinajstić information content (AvgIpc) is 3.55. The van der Waals surface area contributed by atoms with Gasteiger partial charge in [0.25, 0.3) is 10.9 Å². The normalized spacial score (nSPS) is 12.5. The van der Waals surface area contributed by atoms with Gasteiger partial charge in [-0.25, -0.2) is 8.42 Å². The number of sulfone groups is 1. The number of halogens is 4. The van der Waals surface area contributed by atoms with Crippen LogP contribution in [0.4, 0.5) is 23.7 Å². The van der Waals surface area contributed by atoms with Crippen LogP contribution in [0.25, 0.3) is 5.69 Å². The lowest BCUT2D eigenvalue weighted by Crippen LogP contribution is -2.34. The predicted octanol–water partition coefficient (Wildman–Crippen LogP) is 7.35. The third-order valence-corrected chi connectivity index (χ3v) is 10.2. The Hall–Kier alpha value is -5.07. The summed E-state index contributed by atoms with van der Waals surface area (Å²) in [4.78, 5) is 29.7. The molecule has 0 aliphatic carbocycles. The summed E-state index contributed by atoms with van der Waals surface area (Å²) in [5.74, 6) is -1.17. The number of aromatic nitrogens is 5. The second-order valence-corrected chi connectivity index (χ2v) is 14.5. The Morgan fingerprint density at radius 3 is 2.41 bits per heavy atom. The van der Waals surface area contributed by atoms with Crippen molar-refractivity contribution in [3.63, 3.8) is 0 Å². The molecule has 0 aliphatic rings. The van der Waals surface area contributed by atoms with Crippen LogP contribution in [0, 0.1) is 10.1 Å². The number of non-ortho nitro benzene ring substituents is 1. The smallest absolute Gasteiger partial charge is 0.416 e. The lowest BCUT2D eigenvalue weighted by atomic mass is 10.0. The Morgan fingerprint density at radius 1 is 1.06 bits per heavy atom. The van der Waals surface area contributed by atoms with Crippen molar-refractivity contribution in [1.29, 1.82) is 0 Å². The van der Waals surface area contributed by atoms with E-state index in [9.17, 15) is 36.5 Å². The maximum absolute atomic E-state index is 14.3. The summed E-state index contributed by atoms with van der Waals surface area (Å²) in [6.45, 7) is 3.04. The molecule has 5 rings (SSSR count). The number of ether oxygens (including phenoxy) is 1. The summed E-state index contributed by atoms with van der Waals surface area (Å²) in [6.07, 6.45) is -4.33. The summed E-state index contributed by atoms with van der Waals surface area (Å²) in [5, 5.41) is 22.7. The molecule has 0 spiro atoms. The number of benzene rings is 3. The molecule has 266 valence electrons. The molecule has 5 aromatic rings. The van der Waals surface area contributed by atoms with Gasteiger partial charge in [-0.2, -0.15) is 17.9 Å². The third-order valence-electron chi connectivity index (χ3n) is 7.39. The fraction of sp³-hybridized carbons (Fsp3) is 0.219. The molecule has 1 unspecified atom stereocenters. The Morgan fingerprint density at radius 2 is 1.76 bits per heavy atom. The van der Waals surface area contributed by atoms with E-state index >= 15 is 0 Å². The van der Waals surface area contributed by atoms with E-state index < -0.39 is 60.9 Å². The zero-order valence-corrected chi connectivity index (χ0v) is 29.0. The Labute approximate surface area is 298 Å². The molecular formula is C32H27ClF3N7O6S2. The first-order valence-corrected chi connectivity index (χ1v) is 17.7. The topological polar surface area (TPSA) is 163 Å². The van der Waals surface area contributed by atoms with Gasteiger partial charge < -0.3 is 9.64 Å². The van der Waals surface area contributed by atoms with Gasteiger partial charge in [0.1, 0.15) is 11.9 Å². The predicted molar refractivity (Wildman–Crippen MR) is 180 cm³/mol. The van der Waals surface area contributed by atoms with Crippen LogP contribution in [-0.4, -0.2) is 60.5 Å². The number of alkyl halides is 3. The summed E-state index contributed by atoms with van der Waals surface area (Å²) in [7, 11) is -4.30. The quantitative estimate of drug-likeness (QED) is 0.0709. The second-order valence-electron chi connectivity index (χ2n) is 11.1. The van der Waals surface area contributed by atoms with Gasteiger partial charge in [0.05, 0.1) is 33.4 Å². The molecule has 0 saturated heterocycles. The molecule has 0 aliphatic heterocycles. The van der Waals surface area contributed by atoms with Gasteiger partial charge in [0.15, 0.2) is 9.84 Å². The third kappa shape index (κ3) is 9.00. The van der Waals surface area contributed by atoms with Crippen molar-refractivity contribution < 1.29 is 36.0 Å². The molecule has 0 radical (unpaired) electrons. The van der Waals surface area contributed by atoms with Gasteiger partial charge in [0, 0.05) is 58.5 Å². The molecule has 2 heterocycles. The van der Waals surface area contributed by atoms with Crippen molar-refractivity contribution in [3.05, 3.63) is 123 Å². The fourth-order valence-corrected chi connectivity index (χ4v) is 7.31. The van der Waals surface area contributed by atoms with Crippen molar-refractivity contribution >= 4 is 44.1 Å². The van der Waals surface area contributed by atoms with E-state index in [0.29, 0.717) is 23.5 Å². The number of nitro benzene ring substituents is 1. The van der Waals surface area contributed by atoms with Crippen LogP contribution in [0.5, 0.6) is 5.75 Å². The van der Waals surface area contributed by atoms with E-state index in [1.165, 1.54) is 34.1 Å². The Kier molecular flexibility index (Phi) is 11.3. The summed E-state index contributed by atoms with van der Waals surface area (Å²) < 4.78 is 77.5. The van der Waals surface area contributed by atoms with E-state index in [2.05, 4.69) is 20.5 Å². The monoisotopic (exact) mass is 761 g/mol. The molecule has 13 nitrogen and oxygen atoms in total. The number of nitro groups is 1. The van der Waals surface area contributed by atoms with E-state index in [1.807, 2.05) is 0 Å². The number of pyridine rings is 1. The number of hydrogen-bond donors (Lipinski definition) is 0. The Bertz CT molecular complexity index is 2140. The lowest BCUT2D eigenvalue weighted by molar-refractivity contribution is -0.385. The van der Waals surface area contributed by atoms with Gasteiger partial charge in [-0.15, -0.1) is 5.10 Å². The molecule has 1 amide bonds. The van der Waals surface area contributed by atoms with Gasteiger partial charge in [-0.05, 0) is 66.7 Å². The number of rotatable bonds is 12. The highest BCUT2D eigenvalue weighted by Crippen LogP contribution is 2.40. The van der Waals surface area contributed by atoms with Crippen LogP contribution < -0.4 is 4.74 Å². The number of carbonyl (C=O) groups is 1. The van der Waals surface area contributed by atoms with Gasteiger partial charge in [-0.1, -0.05) is 35.9 Å². The number of hydrogen-bond acceptors (Lipinski definition) is 11. The van der Waals surface area contributed by atoms with E-state index in [1.54, 1.807) is 44.2 Å². The standard InChI is InChI=1S/C32H27ClF3N7O6S2/c1-20(2)41(31(44)50-30-38-39-40-42(30)23-6-4-3-5-7-23)18-21-16-24(43(45)46)9-11-28(21)49-29(19-51(47,48)25-12-14-37-15-13-25)26-10-8-22(33)17-27(26)32(34,35)36/h3-17,20,29H,18-19H2,1-2H3. The molecule has 2 aromatic heterocycles. The van der Waals surface area contributed by atoms with E-state index in [0.717, 1.165) is 30.3 Å². The van der Waals surface area contributed by atoms with Gasteiger partial charge in [0.2, 0.25) is 5.16 Å². The van der Waals surface area contributed by atoms with Crippen LogP contribution in [0.15, 0.2) is 101 Å². The molecule has 1 atom stereocenters. The number of thioether (sulfide) groups is 1. The number of para-hydroxylation sites is 1. The number of nitrogens with zero attached hydrogens (tertiary/aromatic N) is 7. The highest BCUT2D eigenvalue weighted by molar-refractivity contribution is 8.13. The van der Waals surface area contributed by atoms with E-state index in [4.69, 9.17) is 16.3 Å². The number of carbonyl (C=O) groups excluding carboxylic acids is 1. The molecule has 0 N–H and O–H groups in total. The number of amides is 1. The van der Waals surface area contributed by atoms with Crippen LogP contribution in [0.1, 0.15) is 36.6 Å². The van der Waals surface area contributed by atoms with Crippen molar-refractivity contribution in [2.24, 2.45) is 0 Å². The minimum Gasteiger partial charge on any atom is -0.484 e. The summed E-state index contributed by atoms with van der Waals surface area (Å²) in [6, 6.07) is 16.8. The highest BCUT2D eigenvalue weighted by atomic mass is 35.5. The maximum Gasteiger partial charge on any atom is 0.416 e. The highest BCUT2D eigenvalue weighted by Gasteiger charge is 2.38. The largest absolute Gasteiger partial charge is 0.484 e. The summed E-state index contributed by atoms with van der Waals surface area (Å²) >= 11 is 6.60. The van der Waals surface area contributed by atoms with Crippen LogP contribution in [0.2, 0.25) is 5.02 Å². The average molecular weight is 762 g/mol. The van der Waals surface area contributed by atoms with Crippen molar-refractivity contribution in [3.8, 4) is 11.4 Å². The maximum atomic E-state index is 14.3. The number of tetrazole rings is 1. The molecule has 51 heavy (non-hydrogen) atoms. The SMILES string of the molecule is CC(C)N(Cc1cc([N+](=O)[O-])ccc1OC(CS(=O)(=O)c1ccncc1)c1ccc(Cl)cc1C(F)(F)F)C(=O)Sc1nnnn1-c1ccccc1. The zero-order chi connectivity index (χ0) is 36.9. The summed E-state index contributed by atoms with van der Waals surface area (Å²) in [5.41, 5.74) is -1.59. The first-order valence-electron chi connectivity index (χ1n) is 14.9. The van der Waals surface area contributed by atoms with Gasteiger partial charge in [-0.3, -0.25) is 19.9 Å². The Balaban J connectivity index is 1.55. The fourth-order valence-electron chi connectivity index (χ4n) is 4.91. The molecule has 0 saturated carbocycles. The zero-order valence-electron chi connectivity index (χ0n) is 26.6. The van der Waals surface area contributed by atoms with Crippen molar-refractivity contribution in [2.45, 2.75) is 48.8 Å². The van der Waals surface area contributed by atoms with E-state index in [-0.39, 0.29) is 32.9 Å². The molecule has 3 aromatic carbocycles. The molecular weight excluding hydrogens is 735 g/mol. The molecule has 0 fully saturated rings. The molecule has 0 bridgehead atoms.